The SMILES string of the molecule is O=C(Nc1ccc(F)cc1F)[C@@H]1CCC(=O)N1Cc1cccs1. The van der Waals surface area contributed by atoms with Crippen molar-refractivity contribution in [2.45, 2.75) is 25.4 Å². The molecule has 0 unspecified atom stereocenters. The molecule has 7 heteroatoms. The minimum Gasteiger partial charge on any atom is -0.326 e. The third kappa shape index (κ3) is 3.39. The molecule has 1 N–H and O–H groups in total. The molecular formula is C16H14F2N2O2S. The molecule has 2 heterocycles. The van der Waals surface area contributed by atoms with Crippen molar-refractivity contribution in [2.24, 2.45) is 0 Å². The highest BCUT2D eigenvalue weighted by atomic mass is 32.1. The second-order valence-corrected chi connectivity index (χ2v) is 6.30. The summed E-state index contributed by atoms with van der Waals surface area (Å²) >= 11 is 1.51. The smallest absolute Gasteiger partial charge is 0.247 e. The first-order chi connectivity index (χ1) is 11.0. The van der Waals surface area contributed by atoms with Crippen LogP contribution in [0.1, 0.15) is 17.7 Å². The van der Waals surface area contributed by atoms with E-state index < -0.39 is 23.6 Å². The van der Waals surface area contributed by atoms with Crippen molar-refractivity contribution in [1.82, 2.24) is 4.90 Å². The molecule has 0 saturated carbocycles. The van der Waals surface area contributed by atoms with Gasteiger partial charge in [0.1, 0.15) is 17.7 Å². The van der Waals surface area contributed by atoms with Gasteiger partial charge < -0.3 is 10.2 Å². The van der Waals surface area contributed by atoms with Crippen molar-refractivity contribution in [2.75, 3.05) is 5.32 Å². The van der Waals surface area contributed by atoms with E-state index in [-0.39, 0.29) is 18.0 Å². The fraction of sp³-hybridized carbons (Fsp3) is 0.250. The third-order valence-electron chi connectivity index (χ3n) is 3.73. The number of thiophene rings is 1. The summed E-state index contributed by atoms with van der Waals surface area (Å²) in [4.78, 5) is 26.9. The summed E-state index contributed by atoms with van der Waals surface area (Å²) in [5.41, 5.74) is -0.0909. The van der Waals surface area contributed by atoms with Gasteiger partial charge in [0, 0.05) is 17.4 Å². The molecule has 0 bridgehead atoms. The number of nitrogens with one attached hydrogen (secondary N) is 1. The number of hydrogen-bond donors (Lipinski definition) is 1. The van der Waals surface area contributed by atoms with Crippen LogP contribution in [0.2, 0.25) is 0 Å². The largest absolute Gasteiger partial charge is 0.326 e. The Balaban J connectivity index is 1.73. The Morgan fingerprint density at radius 1 is 1.35 bits per heavy atom. The summed E-state index contributed by atoms with van der Waals surface area (Å²) in [7, 11) is 0. The van der Waals surface area contributed by atoms with Crippen LogP contribution in [0.4, 0.5) is 14.5 Å². The highest BCUT2D eigenvalue weighted by Crippen LogP contribution is 2.25. The van der Waals surface area contributed by atoms with E-state index in [1.54, 1.807) is 0 Å². The van der Waals surface area contributed by atoms with Gasteiger partial charge in [-0.1, -0.05) is 6.07 Å². The first-order valence-electron chi connectivity index (χ1n) is 7.12. The minimum absolute atomic E-state index is 0.0909. The highest BCUT2D eigenvalue weighted by Gasteiger charge is 2.36. The molecule has 0 aliphatic carbocycles. The lowest BCUT2D eigenvalue weighted by Gasteiger charge is -2.23. The van der Waals surface area contributed by atoms with E-state index >= 15 is 0 Å². The number of carbonyl (C=O) groups is 2. The second kappa shape index (κ2) is 6.45. The van der Waals surface area contributed by atoms with Crippen LogP contribution < -0.4 is 5.32 Å². The number of amides is 2. The maximum atomic E-state index is 13.6. The lowest BCUT2D eigenvalue weighted by atomic mass is 10.2. The molecule has 1 aromatic heterocycles. The molecule has 23 heavy (non-hydrogen) atoms. The second-order valence-electron chi connectivity index (χ2n) is 5.27. The van der Waals surface area contributed by atoms with Crippen LogP contribution in [0.3, 0.4) is 0 Å². The van der Waals surface area contributed by atoms with E-state index in [1.807, 2.05) is 17.5 Å². The number of benzene rings is 1. The Kier molecular flexibility index (Phi) is 4.38. The number of hydrogen-bond acceptors (Lipinski definition) is 3. The van der Waals surface area contributed by atoms with Crippen molar-refractivity contribution in [3.05, 3.63) is 52.2 Å². The van der Waals surface area contributed by atoms with Crippen molar-refractivity contribution in [1.29, 1.82) is 0 Å². The third-order valence-corrected chi connectivity index (χ3v) is 4.59. The highest BCUT2D eigenvalue weighted by molar-refractivity contribution is 7.09. The van der Waals surface area contributed by atoms with Crippen LogP contribution in [-0.2, 0) is 16.1 Å². The fourth-order valence-electron chi connectivity index (χ4n) is 2.58. The van der Waals surface area contributed by atoms with Gasteiger partial charge in [-0.15, -0.1) is 11.3 Å². The normalized spacial score (nSPS) is 17.6. The van der Waals surface area contributed by atoms with E-state index in [2.05, 4.69) is 5.32 Å². The van der Waals surface area contributed by atoms with Crippen LogP contribution in [-0.4, -0.2) is 22.8 Å². The molecule has 120 valence electrons. The van der Waals surface area contributed by atoms with Gasteiger partial charge in [0.15, 0.2) is 0 Å². The quantitative estimate of drug-likeness (QED) is 0.932. The van der Waals surface area contributed by atoms with E-state index in [1.165, 1.54) is 22.3 Å². The minimum atomic E-state index is -0.840. The van der Waals surface area contributed by atoms with E-state index in [0.717, 1.165) is 10.9 Å². The zero-order valence-corrected chi connectivity index (χ0v) is 12.9. The fourth-order valence-corrected chi connectivity index (χ4v) is 3.28. The number of halogens is 2. The number of rotatable bonds is 4. The molecule has 1 aromatic carbocycles. The zero-order chi connectivity index (χ0) is 16.4. The van der Waals surface area contributed by atoms with Crippen LogP contribution in [0.25, 0.3) is 0 Å². The maximum Gasteiger partial charge on any atom is 0.247 e. The predicted octanol–water partition coefficient (Wildman–Crippen LogP) is 3.16. The van der Waals surface area contributed by atoms with Gasteiger partial charge in [0.2, 0.25) is 11.8 Å². The van der Waals surface area contributed by atoms with Gasteiger partial charge >= 0.3 is 0 Å². The Hall–Kier alpha value is -2.28. The molecule has 1 fully saturated rings. The van der Waals surface area contributed by atoms with Crippen molar-refractivity contribution < 1.29 is 18.4 Å². The van der Waals surface area contributed by atoms with E-state index in [4.69, 9.17) is 0 Å². The van der Waals surface area contributed by atoms with Gasteiger partial charge in [-0.2, -0.15) is 0 Å². The van der Waals surface area contributed by atoms with Crippen molar-refractivity contribution in [3.8, 4) is 0 Å². The first-order valence-corrected chi connectivity index (χ1v) is 8.00. The number of anilines is 1. The number of likely N-dealkylation sites (tertiary alicyclic amines) is 1. The topological polar surface area (TPSA) is 49.4 Å². The Morgan fingerprint density at radius 2 is 2.17 bits per heavy atom. The number of carbonyl (C=O) groups excluding carboxylic acids is 2. The van der Waals surface area contributed by atoms with E-state index in [0.29, 0.717) is 19.0 Å². The summed E-state index contributed by atoms with van der Waals surface area (Å²) in [6.07, 6.45) is 0.675. The Bertz CT molecular complexity index is 734. The van der Waals surface area contributed by atoms with Crippen LogP contribution in [0.15, 0.2) is 35.7 Å². The summed E-state index contributed by atoms with van der Waals surface area (Å²) in [5, 5.41) is 4.34. The van der Waals surface area contributed by atoms with E-state index in [9.17, 15) is 18.4 Å². The average Bonchev–Trinajstić information content (AvgIpc) is 3.13. The van der Waals surface area contributed by atoms with Gasteiger partial charge in [-0.25, -0.2) is 8.78 Å². The van der Waals surface area contributed by atoms with Crippen LogP contribution >= 0.6 is 11.3 Å². The lowest BCUT2D eigenvalue weighted by molar-refractivity contribution is -0.133. The molecule has 2 aromatic rings. The van der Waals surface area contributed by atoms with Gasteiger partial charge in [-0.3, -0.25) is 9.59 Å². The predicted molar refractivity (Wildman–Crippen MR) is 82.9 cm³/mol. The lowest BCUT2D eigenvalue weighted by Crippen LogP contribution is -2.41. The molecule has 1 atom stereocenters. The molecule has 1 aliphatic heterocycles. The summed E-state index contributed by atoms with van der Waals surface area (Å²) < 4.78 is 26.5. The molecule has 2 amide bonds. The maximum absolute atomic E-state index is 13.6. The molecule has 4 nitrogen and oxygen atoms in total. The summed E-state index contributed by atoms with van der Waals surface area (Å²) in [6, 6.07) is 6.08. The Labute approximate surface area is 135 Å². The standard InChI is InChI=1S/C16H14F2N2O2S/c17-10-3-4-13(12(18)8-10)19-16(22)14-5-6-15(21)20(14)9-11-2-1-7-23-11/h1-4,7-8,14H,5-6,9H2,(H,19,22)/t14-/m0/s1. The van der Waals surface area contributed by atoms with Gasteiger partial charge in [-0.05, 0) is 30.0 Å². The number of nitrogens with zero attached hydrogens (tertiary/aromatic N) is 1. The summed E-state index contributed by atoms with van der Waals surface area (Å²) in [6.45, 7) is 0.362. The zero-order valence-electron chi connectivity index (χ0n) is 12.1. The van der Waals surface area contributed by atoms with Crippen LogP contribution in [0.5, 0.6) is 0 Å². The van der Waals surface area contributed by atoms with Gasteiger partial charge in [0.25, 0.3) is 0 Å². The van der Waals surface area contributed by atoms with Gasteiger partial charge in [0.05, 0.1) is 12.2 Å². The molecular weight excluding hydrogens is 322 g/mol. The van der Waals surface area contributed by atoms with Crippen molar-refractivity contribution in [3.63, 3.8) is 0 Å². The average molecular weight is 336 g/mol. The Morgan fingerprint density at radius 3 is 2.87 bits per heavy atom. The molecule has 0 spiro atoms. The van der Waals surface area contributed by atoms with Crippen LogP contribution in [0, 0.1) is 11.6 Å². The molecule has 1 saturated heterocycles. The molecule has 3 rings (SSSR count). The molecule has 0 radical (unpaired) electrons. The molecule has 1 aliphatic rings. The first kappa shape index (κ1) is 15.6. The van der Waals surface area contributed by atoms with Crippen molar-refractivity contribution >= 4 is 28.8 Å². The monoisotopic (exact) mass is 336 g/mol. The summed E-state index contributed by atoms with van der Waals surface area (Å²) in [5.74, 6) is -2.11.